The second kappa shape index (κ2) is 13.3. The number of carbonyl (C=O) groups is 4. The van der Waals surface area contributed by atoms with Crippen LogP contribution in [-0.4, -0.2) is 92.5 Å². The lowest BCUT2D eigenvalue weighted by molar-refractivity contribution is -0.165. The van der Waals surface area contributed by atoms with Crippen LogP contribution in [0.15, 0.2) is 24.3 Å². The van der Waals surface area contributed by atoms with Gasteiger partial charge in [-0.05, 0) is 37.0 Å². The van der Waals surface area contributed by atoms with E-state index in [4.69, 9.17) is 10.5 Å². The number of Topliss-reactive ketones (excluding diaryl/α,β-unsaturated/α-hetero) is 1. The SMILES string of the molecule is COc1ccc(CS(=O)(=O)[C@@H]2C[C@@H](C(=O)N[C@H](C(=O)C(F)(F)C(=O)NCC(F)(F)F)C(C)C)N(C(=O)[C@H](C)N)C2)cc1. The van der Waals surface area contributed by atoms with Gasteiger partial charge in [-0.1, -0.05) is 26.0 Å². The number of rotatable bonds is 12. The number of nitrogens with one attached hydrogen (secondary N) is 2. The van der Waals surface area contributed by atoms with Crippen LogP contribution in [0.25, 0.3) is 0 Å². The summed E-state index contributed by atoms with van der Waals surface area (Å²) >= 11 is 0. The van der Waals surface area contributed by atoms with Crippen molar-refractivity contribution in [1.29, 1.82) is 0 Å². The van der Waals surface area contributed by atoms with Crippen LogP contribution in [0.2, 0.25) is 0 Å². The van der Waals surface area contributed by atoms with Gasteiger partial charge in [0, 0.05) is 6.54 Å². The van der Waals surface area contributed by atoms with E-state index in [0.29, 0.717) is 11.3 Å². The van der Waals surface area contributed by atoms with E-state index >= 15 is 0 Å². The molecule has 17 heteroatoms. The summed E-state index contributed by atoms with van der Waals surface area (Å²) in [5.41, 5.74) is 6.06. The van der Waals surface area contributed by atoms with Gasteiger partial charge in [0.15, 0.2) is 9.84 Å². The van der Waals surface area contributed by atoms with Crippen LogP contribution in [0.3, 0.4) is 0 Å². The van der Waals surface area contributed by atoms with Crippen LogP contribution < -0.4 is 21.1 Å². The molecule has 0 unspecified atom stereocenters. The van der Waals surface area contributed by atoms with Gasteiger partial charge in [0.05, 0.1) is 30.2 Å². The van der Waals surface area contributed by atoms with Gasteiger partial charge in [0.1, 0.15) is 18.3 Å². The Kier molecular flexibility index (Phi) is 11.0. The number of hydrogen-bond donors (Lipinski definition) is 3. The number of ketones is 1. The Hall–Kier alpha value is -3.34. The molecule has 0 radical (unpaired) electrons. The van der Waals surface area contributed by atoms with Gasteiger partial charge < -0.3 is 26.0 Å². The fraction of sp³-hybridized carbons (Fsp3) is 0.600. The van der Waals surface area contributed by atoms with Crippen molar-refractivity contribution in [2.24, 2.45) is 11.7 Å². The number of sulfone groups is 1. The predicted molar refractivity (Wildman–Crippen MR) is 139 cm³/mol. The minimum Gasteiger partial charge on any atom is -0.497 e. The first-order valence-corrected chi connectivity index (χ1v) is 14.4. The van der Waals surface area contributed by atoms with E-state index in [-0.39, 0.29) is 0 Å². The lowest BCUT2D eigenvalue weighted by Gasteiger charge is -2.29. The molecule has 2 rings (SSSR count). The molecule has 0 aliphatic carbocycles. The first-order chi connectivity index (χ1) is 19.2. The summed E-state index contributed by atoms with van der Waals surface area (Å²) in [6.45, 7) is 1.18. The fourth-order valence-corrected chi connectivity index (χ4v) is 6.02. The number of ether oxygens (including phenoxy) is 1. The Labute approximate surface area is 239 Å². The molecule has 1 fully saturated rings. The third-order valence-corrected chi connectivity index (χ3v) is 8.66. The third kappa shape index (κ3) is 8.59. The van der Waals surface area contributed by atoms with Crippen molar-refractivity contribution in [3.63, 3.8) is 0 Å². The standard InChI is InChI=1S/C25H33F5N4O7S/c1-13(2)19(20(35)25(29,30)23(38)32-12-24(26,27)28)33-21(36)18-9-17(10-34(18)22(37)14(3)31)42(39,40)11-15-5-7-16(41-4)8-6-15/h5-8,13-14,17-19H,9-12,31H2,1-4H3,(H,32,38)(H,33,36)/t14-,17+,18-,19-/m0/s1. The summed E-state index contributed by atoms with van der Waals surface area (Å²) < 4.78 is 97.7. The quantitative estimate of drug-likeness (QED) is 0.228. The van der Waals surface area contributed by atoms with Crippen LogP contribution >= 0.6 is 0 Å². The van der Waals surface area contributed by atoms with E-state index in [2.05, 4.69) is 0 Å². The number of benzene rings is 1. The molecule has 1 saturated heterocycles. The Morgan fingerprint density at radius 2 is 1.64 bits per heavy atom. The minimum atomic E-state index is -5.02. The number of carbonyl (C=O) groups excluding carboxylic acids is 4. The van der Waals surface area contributed by atoms with Gasteiger partial charge in [-0.2, -0.15) is 22.0 Å². The maximum atomic E-state index is 14.6. The number of likely N-dealkylation sites (tertiary alicyclic amines) is 1. The van der Waals surface area contributed by atoms with Crippen molar-refractivity contribution in [3.8, 4) is 5.75 Å². The molecule has 3 amide bonds. The van der Waals surface area contributed by atoms with Gasteiger partial charge in [0.25, 0.3) is 5.91 Å². The molecule has 4 N–H and O–H groups in total. The smallest absolute Gasteiger partial charge is 0.405 e. The number of halogens is 5. The average Bonchev–Trinajstić information content (AvgIpc) is 3.35. The molecule has 0 spiro atoms. The molecule has 1 aromatic rings. The summed E-state index contributed by atoms with van der Waals surface area (Å²) in [7, 11) is -2.56. The predicted octanol–water partition coefficient (Wildman–Crippen LogP) is 0.950. The Morgan fingerprint density at radius 3 is 2.12 bits per heavy atom. The number of hydrogen-bond acceptors (Lipinski definition) is 8. The molecule has 4 atom stereocenters. The van der Waals surface area contributed by atoms with Crippen LogP contribution in [0.4, 0.5) is 22.0 Å². The number of alkyl halides is 5. The van der Waals surface area contributed by atoms with Gasteiger partial charge in [-0.3, -0.25) is 19.2 Å². The zero-order valence-electron chi connectivity index (χ0n) is 23.2. The number of nitrogens with zero attached hydrogens (tertiary/aromatic N) is 1. The average molecular weight is 629 g/mol. The molecule has 0 bridgehead atoms. The zero-order valence-corrected chi connectivity index (χ0v) is 24.0. The number of amides is 3. The van der Waals surface area contributed by atoms with Crippen LogP contribution in [0.5, 0.6) is 5.75 Å². The topological polar surface area (TPSA) is 165 Å². The van der Waals surface area contributed by atoms with Crippen molar-refractivity contribution in [1.82, 2.24) is 15.5 Å². The highest BCUT2D eigenvalue weighted by atomic mass is 32.2. The highest BCUT2D eigenvalue weighted by Crippen LogP contribution is 2.28. The van der Waals surface area contributed by atoms with E-state index in [9.17, 15) is 49.5 Å². The molecule has 0 aromatic heterocycles. The maximum absolute atomic E-state index is 14.6. The first-order valence-electron chi connectivity index (χ1n) is 12.7. The normalized spacial score (nSPS) is 19.3. The molecule has 1 aromatic carbocycles. The fourth-order valence-electron chi connectivity index (χ4n) is 4.27. The van der Waals surface area contributed by atoms with Crippen molar-refractivity contribution in [2.75, 3.05) is 20.2 Å². The minimum absolute atomic E-state index is 0.394. The van der Waals surface area contributed by atoms with Gasteiger partial charge in [-0.25, -0.2) is 8.42 Å². The monoisotopic (exact) mass is 628 g/mol. The Morgan fingerprint density at radius 1 is 1.07 bits per heavy atom. The maximum Gasteiger partial charge on any atom is 0.405 e. The molecule has 236 valence electrons. The summed E-state index contributed by atoms with van der Waals surface area (Å²) in [4.78, 5) is 51.3. The van der Waals surface area contributed by atoms with Crippen molar-refractivity contribution in [3.05, 3.63) is 29.8 Å². The largest absolute Gasteiger partial charge is 0.497 e. The summed E-state index contributed by atoms with van der Waals surface area (Å²) in [6.07, 6.45) is -5.48. The van der Waals surface area contributed by atoms with E-state index < -0.39 is 100.0 Å². The van der Waals surface area contributed by atoms with Crippen molar-refractivity contribution >= 4 is 33.3 Å². The Balaban J connectivity index is 2.29. The second-order valence-electron chi connectivity index (χ2n) is 10.3. The molecule has 11 nitrogen and oxygen atoms in total. The number of methoxy groups -OCH3 is 1. The summed E-state index contributed by atoms with van der Waals surface area (Å²) in [6, 6.07) is 1.34. The lowest BCUT2D eigenvalue weighted by atomic mass is 9.94. The van der Waals surface area contributed by atoms with Crippen molar-refractivity contribution in [2.45, 2.75) is 68.4 Å². The third-order valence-electron chi connectivity index (χ3n) is 6.56. The second-order valence-corrected chi connectivity index (χ2v) is 12.6. The van der Waals surface area contributed by atoms with E-state index in [1.165, 1.54) is 40.0 Å². The van der Waals surface area contributed by atoms with E-state index in [0.717, 1.165) is 10.2 Å². The molecular weight excluding hydrogens is 595 g/mol. The summed E-state index contributed by atoms with van der Waals surface area (Å²) in [5, 5.41) is 1.71. The van der Waals surface area contributed by atoms with Gasteiger partial charge >= 0.3 is 12.1 Å². The molecule has 1 aliphatic rings. The van der Waals surface area contributed by atoms with E-state index in [1.807, 2.05) is 5.32 Å². The highest BCUT2D eigenvalue weighted by Gasteiger charge is 2.53. The lowest BCUT2D eigenvalue weighted by Crippen LogP contribution is -2.59. The Bertz CT molecular complexity index is 1270. The van der Waals surface area contributed by atoms with Gasteiger partial charge in [-0.15, -0.1) is 0 Å². The van der Waals surface area contributed by atoms with Crippen molar-refractivity contribution < 1.29 is 54.3 Å². The molecule has 0 saturated carbocycles. The van der Waals surface area contributed by atoms with E-state index in [1.54, 1.807) is 12.1 Å². The summed E-state index contributed by atoms with van der Waals surface area (Å²) in [5.74, 6) is -12.7. The van der Waals surface area contributed by atoms with Crippen LogP contribution in [0.1, 0.15) is 32.8 Å². The molecule has 42 heavy (non-hydrogen) atoms. The highest BCUT2D eigenvalue weighted by molar-refractivity contribution is 7.91. The molecule has 1 aliphatic heterocycles. The van der Waals surface area contributed by atoms with Gasteiger partial charge in [0.2, 0.25) is 17.6 Å². The number of nitrogens with two attached hydrogens (primary N) is 1. The van der Waals surface area contributed by atoms with Crippen LogP contribution in [0, 0.1) is 5.92 Å². The molecule has 1 heterocycles. The molecular formula is C25H33F5N4O7S. The first kappa shape index (κ1) is 34.9. The van der Waals surface area contributed by atoms with Crippen LogP contribution in [-0.2, 0) is 34.8 Å². The zero-order chi connectivity index (χ0) is 32.2.